The lowest BCUT2D eigenvalue weighted by atomic mass is 10.1. The number of rotatable bonds is 4. The van der Waals surface area contributed by atoms with Crippen molar-refractivity contribution < 1.29 is 0 Å². The summed E-state index contributed by atoms with van der Waals surface area (Å²) in [5.74, 6) is 2.00. The zero-order valence-electron chi connectivity index (χ0n) is 8.12. The molecule has 0 aliphatic rings. The molecule has 0 fully saturated rings. The molecule has 0 spiro atoms. The maximum Gasteiger partial charge on any atom is 0.131 e. The molecule has 0 atom stereocenters. The summed E-state index contributed by atoms with van der Waals surface area (Å²) >= 11 is 0. The van der Waals surface area contributed by atoms with Crippen LogP contribution >= 0.6 is 0 Å². The van der Waals surface area contributed by atoms with Crippen molar-refractivity contribution in [3.05, 3.63) is 12.4 Å². The Morgan fingerprint density at radius 1 is 1.46 bits per heavy atom. The summed E-state index contributed by atoms with van der Waals surface area (Å²) in [7, 11) is 0. The zero-order chi connectivity index (χ0) is 9.68. The fraction of sp³-hybridized carbons (Fsp3) is 0.556. The molecule has 1 aromatic rings. The molecule has 0 unspecified atom stereocenters. The lowest BCUT2D eigenvalue weighted by Gasteiger charge is -2.06. The van der Waals surface area contributed by atoms with Crippen LogP contribution in [0.4, 0.5) is 11.6 Å². The smallest absolute Gasteiger partial charge is 0.131 e. The van der Waals surface area contributed by atoms with E-state index in [1.807, 2.05) is 0 Å². The second kappa shape index (κ2) is 4.64. The molecule has 1 rings (SSSR count). The minimum absolute atomic E-state index is 0.502. The molecule has 1 heterocycles. The summed E-state index contributed by atoms with van der Waals surface area (Å²) < 4.78 is 0. The van der Waals surface area contributed by atoms with Gasteiger partial charge in [0.15, 0.2) is 0 Å². The first-order valence-electron chi connectivity index (χ1n) is 4.50. The topological polar surface area (TPSA) is 63.8 Å². The standard InChI is InChI=1S/C9H16N4/c1-7(2)3-4-11-9-5-8(10)12-6-13-9/h5-7H,3-4H2,1-2H3,(H3,10,11,12,13). The summed E-state index contributed by atoms with van der Waals surface area (Å²) in [5, 5.41) is 3.19. The molecule has 0 saturated carbocycles. The van der Waals surface area contributed by atoms with Crippen molar-refractivity contribution in [3.63, 3.8) is 0 Å². The van der Waals surface area contributed by atoms with Crippen LogP contribution in [0.25, 0.3) is 0 Å². The van der Waals surface area contributed by atoms with Gasteiger partial charge in [0, 0.05) is 12.6 Å². The highest BCUT2D eigenvalue weighted by Gasteiger charge is 1.96. The van der Waals surface area contributed by atoms with Crippen LogP contribution in [0.1, 0.15) is 20.3 Å². The van der Waals surface area contributed by atoms with Gasteiger partial charge >= 0.3 is 0 Å². The molecule has 4 nitrogen and oxygen atoms in total. The maximum atomic E-state index is 5.50. The number of hydrogen-bond acceptors (Lipinski definition) is 4. The predicted octanol–water partition coefficient (Wildman–Crippen LogP) is 1.52. The molecule has 0 aliphatic heterocycles. The SMILES string of the molecule is CC(C)CCNc1cc(N)ncn1. The third-order valence-corrected chi connectivity index (χ3v) is 1.72. The van der Waals surface area contributed by atoms with Gasteiger partial charge in [0.1, 0.15) is 18.0 Å². The van der Waals surface area contributed by atoms with E-state index >= 15 is 0 Å². The fourth-order valence-corrected chi connectivity index (χ4v) is 0.958. The molecule has 0 aromatic carbocycles. The van der Waals surface area contributed by atoms with Crippen LogP contribution in [0.15, 0.2) is 12.4 Å². The first-order chi connectivity index (χ1) is 6.18. The minimum Gasteiger partial charge on any atom is -0.384 e. The monoisotopic (exact) mass is 180 g/mol. The third kappa shape index (κ3) is 3.73. The van der Waals surface area contributed by atoms with Crippen molar-refractivity contribution >= 4 is 11.6 Å². The molecular weight excluding hydrogens is 164 g/mol. The van der Waals surface area contributed by atoms with Crippen LogP contribution in [0.5, 0.6) is 0 Å². The number of hydrogen-bond donors (Lipinski definition) is 2. The Balaban J connectivity index is 2.37. The second-order valence-corrected chi connectivity index (χ2v) is 3.44. The predicted molar refractivity (Wildman–Crippen MR) is 54.4 cm³/mol. The Morgan fingerprint density at radius 2 is 2.23 bits per heavy atom. The van der Waals surface area contributed by atoms with Crippen molar-refractivity contribution in [3.8, 4) is 0 Å². The van der Waals surface area contributed by atoms with E-state index in [-0.39, 0.29) is 0 Å². The van der Waals surface area contributed by atoms with Gasteiger partial charge < -0.3 is 11.1 Å². The van der Waals surface area contributed by atoms with Gasteiger partial charge in [-0.15, -0.1) is 0 Å². The van der Waals surface area contributed by atoms with E-state index in [1.165, 1.54) is 6.33 Å². The molecule has 4 heteroatoms. The average molecular weight is 180 g/mol. The van der Waals surface area contributed by atoms with Gasteiger partial charge in [0.2, 0.25) is 0 Å². The Kier molecular flexibility index (Phi) is 3.49. The van der Waals surface area contributed by atoms with Crippen LogP contribution in [0.3, 0.4) is 0 Å². The molecule has 13 heavy (non-hydrogen) atoms. The number of nitrogen functional groups attached to an aromatic ring is 1. The second-order valence-electron chi connectivity index (χ2n) is 3.44. The van der Waals surface area contributed by atoms with E-state index in [1.54, 1.807) is 6.07 Å². The third-order valence-electron chi connectivity index (χ3n) is 1.72. The maximum absolute atomic E-state index is 5.50. The Morgan fingerprint density at radius 3 is 2.85 bits per heavy atom. The quantitative estimate of drug-likeness (QED) is 0.737. The summed E-state index contributed by atoms with van der Waals surface area (Å²) in [6, 6.07) is 1.74. The number of nitrogens with zero attached hydrogens (tertiary/aromatic N) is 2. The van der Waals surface area contributed by atoms with E-state index < -0.39 is 0 Å². The summed E-state index contributed by atoms with van der Waals surface area (Å²) in [5.41, 5.74) is 5.50. The highest BCUT2D eigenvalue weighted by atomic mass is 15.0. The van der Waals surface area contributed by atoms with Crippen LogP contribution in [0.2, 0.25) is 0 Å². The molecule has 1 aromatic heterocycles. The summed E-state index contributed by atoms with van der Waals surface area (Å²) in [6.07, 6.45) is 2.59. The molecular formula is C9H16N4. The Labute approximate surface area is 78.6 Å². The summed E-state index contributed by atoms with van der Waals surface area (Å²) in [4.78, 5) is 7.84. The Bertz CT molecular complexity index is 260. The van der Waals surface area contributed by atoms with Gasteiger partial charge in [-0.1, -0.05) is 13.8 Å². The van der Waals surface area contributed by atoms with Crippen LogP contribution in [-0.4, -0.2) is 16.5 Å². The van der Waals surface area contributed by atoms with Gasteiger partial charge in [-0.05, 0) is 12.3 Å². The van der Waals surface area contributed by atoms with Crippen molar-refractivity contribution in [2.75, 3.05) is 17.6 Å². The molecule has 0 aliphatic carbocycles. The molecule has 3 N–H and O–H groups in total. The Hall–Kier alpha value is -1.32. The molecule has 72 valence electrons. The van der Waals surface area contributed by atoms with E-state index in [2.05, 4.69) is 29.1 Å². The van der Waals surface area contributed by atoms with Crippen LogP contribution in [0, 0.1) is 5.92 Å². The van der Waals surface area contributed by atoms with Crippen LogP contribution in [-0.2, 0) is 0 Å². The van der Waals surface area contributed by atoms with Crippen molar-refractivity contribution in [2.24, 2.45) is 5.92 Å². The molecule has 0 radical (unpaired) electrons. The largest absolute Gasteiger partial charge is 0.384 e. The van der Waals surface area contributed by atoms with Gasteiger partial charge in [0.25, 0.3) is 0 Å². The first kappa shape index (κ1) is 9.77. The van der Waals surface area contributed by atoms with Gasteiger partial charge in [-0.3, -0.25) is 0 Å². The van der Waals surface area contributed by atoms with Gasteiger partial charge in [0.05, 0.1) is 0 Å². The van der Waals surface area contributed by atoms with Crippen molar-refractivity contribution in [2.45, 2.75) is 20.3 Å². The first-order valence-corrected chi connectivity index (χ1v) is 4.50. The van der Waals surface area contributed by atoms with Gasteiger partial charge in [-0.2, -0.15) is 0 Å². The van der Waals surface area contributed by atoms with Gasteiger partial charge in [-0.25, -0.2) is 9.97 Å². The lowest BCUT2D eigenvalue weighted by molar-refractivity contribution is 0.606. The van der Waals surface area contributed by atoms with E-state index in [0.717, 1.165) is 18.8 Å². The molecule has 0 saturated heterocycles. The van der Waals surface area contributed by atoms with E-state index in [4.69, 9.17) is 5.73 Å². The zero-order valence-corrected chi connectivity index (χ0v) is 8.12. The van der Waals surface area contributed by atoms with Crippen LogP contribution < -0.4 is 11.1 Å². The van der Waals surface area contributed by atoms with Crippen molar-refractivity contribution in [1.82, 2.24) is 9.97 Å². The normalized spacial score (nSPS) is 10.4. The lowest BCUT2D eigenvalue weighted by Crippen LogP contribution is -2.06. The highest BCUT2D eigenvalue weighted by molar-refractivity contribution is 5.42. The average Bonchev–Trinajstić information content (AvgIpc) is 2.03. The summed E-state index contributed by atoms with van der Waals surface area (Å²) in [6.45, 7) is 5.31. The fourth-order valence-electron chi connectivity index (χ4n) is 0.958. The van der Waals surface area contributed by atoms with Crippen molar-refractivity contribution in [1.29, 1.82) is 0 Å². The number of anilines is 2. The number of aromatic nitrogens is 2. The molecule has 0 bridgehead atoms. The molecule has 0 amide bonds. The highest BCUT2D eigenvalue weighted by Crippen LogP contribution is 2.06. The van der Waals surface area contributed by atoms with E-state index in [0.29, 0.717) is 11.7 Å². The number of nitrogens with one attached hydrogen (secondary N) is 1. The minimum atomic E-state index is 0.502. The number of nitrogens with two attached hydrogens (primary N) is 1. The van der Waals surface area contributed by atoms with E-state index in [9.17, 15) is 0 Å².